The van der Waals surface area contributed by atoms with E-state index in [2.05, 4.69) is 9.97 Å². The molecule has 3 N–H and O–H groups in total. The Bertz CT molecular complexity index is 768. The zero-order valence-electron chi connectivity index (χ0n) is 11.0. The second-order valence-electron chi connectivity index (χ2n) is 4.86. The monoisotopic (exact) mass is 292 g/mol. The maximum atomic E-state index is 14.2. The fourth-order valence-corrected chi connectivity index (χ4v) is 2.49. The molecule has 2 aromatic heterocycles. The molecule has 0 saturated carbocycles. The zero-order chi connectivity index (χ0) is 15.0. The summed E-state index contributed by atoms with van der Waals surface area (Å²) in [7, 11) is 0. The van der Waals surface area contributed by atoms with Crippen LogP contribution in [0.25, 0.3) is 11.0 Å². The number of carbonyl (C=O) groups excluding carboxylic acids is 1. The first-order chi connectivity index (χ1) is 10.1. The van der Waals surface area contributed by atoms with Crippen LogP contribution in [0.5, 0.6) is 0 Å². The number of halogens is 1. The summed E-state index contributed by atoms with van der Waals surface area (Å²) >= 11 is 0. The topological polar surface area (TPSA) is 98.3 Å². The van der Waals surface area contributed by atoms with Crippen LogP contribution in [0.3, 0.4) is 0 Å². The van der Waals surface area contributed by atoms with Gasteiger partial charge in [0.05, 0.1) is 5.39 Å². The largest absolute Gasteiger partial charge is 0.354 e. The van der Waals surface area contributed by atoms with Crippen molar-refractivity contribution in [1.82, 2.24) is 15.4 Å². The van der Waals surface area contributed by atoms with Crippen molar-refractivity contribution in [3.05, 3.63) is 33.9 Å². The lowest BCUT2D eigenvalue weighted by Crippen LogP contribution is -2.27. The molecule has 7 nitrogen and oxygen atoms in total. The maximum absolute atomic E-state index is 14.2. The fourth-order valence-electron chi connectivity index (χ4n) is 2.49. The van der Waals surface area contributed by atoms with E-state index >= 15 is 0 Å². The smallest absolute Gasteiger partial charge is 0.280 e. The third-order valence-electron chi connectivity index (χ3n) is 3.55. The van der Waals surface area contributed by atoms with Crippen LogP contribution < -0.4 is 15.8 Å². The van der Waals surface area contributed by atoms with Crippen LogP contribution in [-0.4, -0.2) is 34.2 Å². The Morgan fingerprint density at radius 3 is 2.81 bits per heavy atom. The average Bonchev–Trinajstić information content (AvgIpc) is 3.01. The number of rotatable bonds is 2. The SMILES string of the molecule is O=C(NO)c1c[nH]c2nc(N3CCCC3)c(F)cc2c1=O. The van der Waals surface area contributed by atoms with Gasteiger partial charge in [0.2, 0.25) is 5.43 Å². The van der Waals surface area contributed by atoms with Crippen LogP contribution in [0, 0.1) is 5.82 Å². The van der Waals surface area contributed by atoms with Crippen molar-refractivity contribution in [2.45, 2.75) is 12.8 Å². The molecule has 0 bridgehead atoms. The van der Waals surface area contributed by atoms with Crippen LogP contribution in [0.2, 0.25) is 0 Å². The van der Waals surface area contributed by atoms with Crippen LogP contribution >= 0.6 is 0 Å². The van der Waals surface area contributed by atoms with Gasteiger partial charge < -0.3 is 9.88 Å². The van der Waals surface area contributed by atoms with E-state index in [9.17, 15) is 14.0 Å². The lowest BCUT2D eigenvalue weighted by atomic mass is 10.2. The minimum atomic E-state index is -0.956. The molecule has 0 unspecified atom stereocenters. The normalized spacial score (nSPS) is 14.7. The summed E-state index contributed by atoms with van der Waals surface area (Å²) in [5.41, 5.74) is 0.592. The predicted molar refractivity (Wildman–Crippen MR) is 73.0 cm³/mol. The highest BCUT2D eigenvalue weighted by Gasteiger charge is 2.20. The zero-order valence-corrected chi connectivity index (χ0v) is 11.0. The number of carbonyl (C=O) groups is 1. The number of hydroxylamine groups is 1. The van der Waals surface area contributed by atoms with E-state index in [4.69, 9.17) is 5.21 Å². The summed E-state index contributed by atoms with van der Waals surface area (Å²) in [5, 5.41) is 8.55. The molecule has 0 spiro atoms. The number of pyridine rings is 2. The first kappa shape index (κ1) is 13.5. The molecule has 0 atom stereocenters. The fraction of sp³-hybridized carbons (Fsp3) is 0.308. The number of nitrogens with zero attached hydrogens (tertiary/aromatic N) is 2. The third-order valence-corrected chi connectivity index (χ3v) is 3.55. The molecule has 1 aliphatic rings. The summed E-state index contributed by atoms with van der Waals surface area (Å²) in [6.45, 7) is 1.45. The lowest BCUT2D eigenvalue weighted by molar-refractivity contribution is 0.0705. The van der Waals surface area contributed by atoms with Gasteiger partial charge >= 0.3 is 0 Å². The molecule has 1 amide bonds. The molecule has 1 aliphatic heterocycles. The minimum absolute atomic E-state index is 0.0310. The van der Waals surface area contributed by atoms with Crippen LogP contribution in [0.4, 0.5) is 10.2 Å². The van der Waals surface area contributed by atoms with Gasteiger partial charge in [0.1, 0.15) is 11.2 Å². The van der Waals surface area contributed by atoms with E-state index in [1.807, 2.05) is 4.90 Å². The van der Waals surface area contributed by atoms with Crippen molar-refractivity contribution in [3.8, 4) is 0 Å². The molecule has 1 saturated heterocycles. The Balaban J connectivity index is 2.16. The lowest BCUT2D eigenvalue weighted by Gasteiger charge is -2.17. The molecule has 0 radical (unpaired) electrons. The molecule has 3 heterocycles. The van der Waals surface area contributed by atoms with E-state index in [-0.39, 0.29) is 22.4 Å². The van der Waals surface area contributed by atoms with Gasteiger partial charge in [-0.05, 0) is 18.9 Å². The second kappa shape index (κ2) is 5.13. The number of fused-ring (bicyclic) bond motifs is 1. The number of aromatic amines is 1. The summed E-state index contributed by atoms with van der Waals surface area (Å²) in [6, 6.07) is 1.07. The minimum Gasteiger partial charge on any atom is -0.354 e. The van der Waals surface area contributed by atoms with E-state index in [1.54, 1.807) is 0 Å². The van der Waals surface area contributed by atoms with Crippen molar-refractivity contribution in [1.29, 1.82) is 0 Å². The van der Waals surface area contributed by atoms with Crippen LogP contribution in [0.15, 0.2) is 17.1 Å². The van der Waals surface area contributed by atoms with Gasteiger partial charge in [-0.3, -0.25) is 14.8 Å². The number of amides is 1. The molecule has 8 heteroatoms. The van der Waals surface area contributed by atoms with Gasteiger partial charge in [0.25, 0.3) is 5.91 Å². The Morgan fingerprint density at radius 1 is 1.43 bits per heavy atom. The number of H-pyrrole nitrogens is 1. The highest BCUT2D eigenvalue weighted by atomic mass is 19.1. The van der Waals surface area contributed by atoms with Crippen molar-refractivity contribution in [2.75, 3.05) is 18.0 Å². The van der Waals surface area contributed by atoms with Crippen molar-refractivity contribution >= 4 is 22.8 Å². The van der Waals surface area contributed by atoms with Gasteiger partial charge in [0, 0.05) is 19.3 Å². The summed E-state index contributed by atoms with van der Waals surface area (Å²) in [6.07, 6.45) is 3.10. The summed E-state index contributed by atoms with van der Waals surface area (Å²) < 4.78 is 14.2. The van der Waals surface area contributed by atoms with Crippen LogP contribution in [-0.2, 0) is 0 Å². The Kier molecular flexibility index (Phi) is 3.30. The Labute approximate surface area is 118 Å². The molecule has 110 valence electrons. The van der Waals surface area contributed by atoms with Gasteiger partial charge in [-0.1, -0.05) is 0 Å². The number of nitrogens with one attached hydrogen (secondary N) is 2. The molecule has 1 fully saturated rings. The number of hydrogen-bond acceptors (Lipinski definition) is 5. The molecular weight excluding hydrogens is 279 g/mol. The molecule has 0 aliphatic carbocycles. The maximum Gasteiger partial charge on any atom is 0.280 e. The highest BCUT2D eigenvalue weighted by molar-refractivity contribution is 5.96. The highest BCUT2D eigenvalue weighted by Crippen LogP contribution is 2.23. The van der Waals surface area contributed by atoms with Gasteiger partial charge in [0.15, 0.2) is 11.6 Å². The first-order valence-corrected chi connectivity index (χ1v) is 6.53. The van der Waals surface area contributed by atoms with Crippen LogP contribution in [0.1, 0.15) is 23.2 Å². The third kappa shape index (κ3) is 2.23. The summed E-state index contributed by atoms with van der Waals surface area (Å²) in [5.74, 6) is -1.35. The second-order valence-corrected chi connectivity index (χ2v) is 4.86. The Hall–Kier alpha value is -2.48. The van der Waals surface area contributed by atoms with E-state index < -0.39 is 17.2 Å². The first-order valence-electron chi connectivity index (χ1n) is 6.53. The molecular formula is C13H13FN4O3. The number of hydrogen-bond donors (Lipinski definition) is 3. The molecule has 3 rings (SSSR count). The standard InChI is InChI=1S/C13H13FN4O3/c14-9-5-7-10(19)8(13(20)17-21)6-15-11(7)16-12(9)18-3-1-2-4-18/h5-6,21H,1-4H2,(H,17,20)(H,15,16,19). The van der Waals surface area contributed by atoms with Crippen molar-refractivity contribution < 1.29 is 14.4 Å². The number of aromatic nitrogens is 2. The van der Waals surface area contributed by atoms with E-state index in [0.717, 1.165) is 38.2 Å². The predicted octanol–water partition coefficient (Wildman–Crippen LogP) is 0.781. The average molecular weight is 292 g/mol. The summed E-state index contributed by atoms with van der Waals surface area (Å²) in [4.78, 5) is 32.1. The van der Waals surface area contributed by atoms with Gasteiger partial charge in [-0.2, -0.15) is 0 Å². The van der Waals surface area contributed by atoms with Crippen molar-refractivity contribution in [2.24, 2.45) is 0 Å². The number of anilines is 1. The van der Waals surface area contributed by atoms with Crippen molar-refractivity contribution in [3.63, 3.8) is 0 Å². The molecule has 21 heavy (non-hydrogen) atoms. The quantitative estimate of drug-likeness (QED) is 0.561. The van der Waals surface area contributed by atoms with E-state index in [0.29, 0.717) is 0 Å². The molecule has 2 aromatic rings. The Morgan fingerprint density at radius 2 is 2.14 bits per heavy atom. The van der Waals surface area contributed by atoms with E-state index in [1.165, 1.54) is 5.48 Å². The van der Waals surface area contributed by atoms with Gasteiger partial charge in [-0.25, -0.2) is 14.9 Å². The van der Waals surface area contributed by atoms with Gasteiger partial charge in [-0.15, -0.1) is 0 Å². The molecule has 0 aromatic carbocycles.